The van der Waals surface area contributed by atoms with Crippen LogP contribution < -0.4 is 5.32 Å². The molecule has 2 fully saturated rings. The van der Waals surface area contributed by atoms with E-state index in [1.54, 1.807) is 0 Å². The van der Waals surface area contributed by atoms with Gasteiger partial charge in [-0.05, 0) is 49.3 Å². The zero-order valence-electron chi connectivity index (χ0n) is 11.0. The van der Waals surface area contributed by atoms with Gasteiger partial charge in [-0.15, -0.1) is 0 Å². The lowest BCUT2D eigenvalue weighted by atomic mass is 9.86. The molecule has 1 N–H and O–H groups in total. The molecule has 1 saturated heterocycles. The third kappa shape index (κ3) is 2.55. The molecular weight excluding hydrogens is 270 g/mol. The smallest absolute Gasteiger partial charge is 0.307 e. The third-order valence-electron chi connectivity index (χ3n) is 4.60. The number of benzene rings is 1. The van der Waals surface area contributed by atoms with Crippen LogP contribution in [0.3, 0.4) is 0 Å². The maximum atomic E-state index is 13.3. The Labute approximate surface area is 115 Å². The maximum Gasteiger partial charge on any atom is 0.419 e. The van der Waals surface area contributed by atoms with E-state index in [1.165, 1.54) is 18.9 Å². The number of nitrogens with one attached hydrogen (secondary N) is 1. The monoisotopic (exact) mass is 287 g/mol. The summed E-state index contributed by atoms with van der Waals surface area (Å²) in [7, 11) is 0. The fraction of sp³-hybridized carbons (Fsp3) is 0.600. The van der Waals surface area contributed by atoms with E-state index in [0.29, 0.717) is 17.5 Å². The molecule has 0 bridgehead atoms. The van der Waals surface area contributed by atoms with E-state index in [0.717, 1.165) is 31.4 Å². The second kappa shape index (κ2) is 5.02. The third-order valence-corrected chi connectivity index (χ3v) is 4.60. The largest absolute Gasteiger partial charge is 0.419 e. The number of piperidine rings is 1. The molecule has 20 heavy (non-hydrogen) atoms. The van der Waals surface area contributed by atoms with Crippen LogP contribution in [-0.4, -0.2) is 6.04 Å². The first-order valence-corrected chi connectivity index (χ1v) is 7.08. The predicted molar refractivity (Wildman–Crippen MR) is 67.6 cm³/mol. The average Bonchev–Trinajstić information content (AvgIpc) is 2.85. The molecule has 3 unspecified atom stereocenters. The Bertz CT molecular complexity index is 497. The quantitative estimate of drug-likeness (QED) is 0.753. The fourth-order valence-corrected chi connectivity index (χ4v) is 3.56. The topological polar surface area (TPSA) is 12.0 Å². The van der Waals surface area contributed by atoms with Gasteiger partial charge in [-0.1, -0.05) is 12.5 Å². The molecule has 5 heteroatoms. The van der Waals surface area contributed by atoms with Gasteiger partial charge in [0, 0.05) is 12.1 Å². The number of fused-ring (bicyclic) bond motifs is 1. The van der Waals surface area contributed by atoms with Crippen LogP contribution >= 0.6 is 0 Å². The van der Waals surface area contributed by atoms with Crippen molar-refractivity contribution >= 4 is 0 Å². The maximum absolute atomic E-state index is 13.3. The fourth-order valence-electron chi connectivity index (χ4n) is 3.56. The summed E-state index contributed by atoms with van der Waals surface area (Å²) in [5.41, 5.74) is -0.616. The normalized spacial score (nSPS) is 30.3. The van der Waals surface area contributed by atoms with Gasteiger partial charge in [0.2, 0.25) is 0 Å². The Hall–Kier alpha value is -1.10. The summed E-state index contributed by atoms with van der Waals surface area (Å²) in [5.74, 6) is -0.537. The highest BCUT2D eigenvalue weighted by atomic mass is 19.4. The van der Waals surface area contributed by atoms with E-state index < -0.39 is 17.6 Å². The first-order chi connectivity index (χ1) is 9.45. The van der Waals surface area contributed by atoms with Crippen molar-refractivity contribution in [1.29, 1.82) is 0 Å². The highest BCUT2D eigenvalue weighted by Crippen LogP contribution is 2.39. The van der Waals surface area contributed by atoms with Crippen LogP contribution in [0, 0.1) is 11.7 Å². The highest BCUT2D eigenvalue weighted by Gasteiger charge is 2.37. The second-order valence-electron chi connectivity index (χ2n) is 5.83. The Morgan fingerprint density at radius 2 is 1.85 bits per heavy atom. The van der Waals surface area contributed by atoms with E-state index >= 15 is 0 Å². The van der Waals surface area contributed by atoms with Crippen molar-refractivity contribution in [2.24, 2.45) is 5.92 Å². The van der Waals surface area contributed by atoms with Gasteiger partial charge in [0.05, 0.1) is 5.56 Å². The van der Waals surface area contributed by atoms with Crippen molar-refractivity contribution in [3.8, 4) is 0 Å². The number of alkyl halides is 3. The van der Waals surface area contributed by atoms with Gasteiger partial charge in [0.1, 0.15) is 5.82 Å². The van der Waals surface area contributed by atoms with Crippen LogP contribution in [0.15, 0.2) is 18.2 Å². The Morgan fingerprint density at radius 3 is 2.60 bits per heavy atom. The minimum atomic E-state index is -4.63. The van der Waals surface area contributed by atoms with E-state index in [9.17, 15) is 17.6 Å². The minimum absolute atomic E-state index is 0.0870. The lowest BCUT2D eigenvalue weighted by Crippen LogP contribution is -2.40. The Morgan fingerprint density at radius 1 is 1.05 bits per heavy atom. The standard InChI is InChI=1S/C15H17F4N/c16-12-6-4-10(8-11(12)15(17,18)19)14-7-5-9-2-1-3-13(9)20-14/h4,6,8-9,13-14,20H,1-3,5,7H2. The average molecular weight is 287 g/mol. The van der Waals surface area contributed by atoms with Crippen LogP contribution in [-0.2, 0) is 6.18 Å². The van der Waals surface area contributed by atoms with Crippen molar-refractivity contribution in [1.82, 2.24) is 5.32 Å². The summed E-state index contributed by atoms with van der Waals surface area (Å²) < 4.78 is 51.6. The van der Waals surface area contributed by atoms with Gasteiger partial charge >= 0.3 is 6.18 Å². The molecule has 110 valence electrons. The molecule has 1 aromatic carbocycles. The minimum Gasteiger partial charge on any atom is -0.307 e. The van der Waals surface area contributed by atoms with E-state index in [4.69, 9.17) is 0 Å². The summed E-state index contributed by atoms with van der Waals surface area (Å²) in [6, 6.07) is 3.68. The molecule has 1 nitrogen and oxygen atoms in total. The van der Waals surface area contributed by atoms with Crippen molar-refractivity contribution in [2.75, 3.05) is 0 Å². The Kier molecular flexibility index (Phi) is 3.48. The second-order valence-corrected chi connectivity index (χ2v) is 5.83. The first-order valence-electron chi connectivity index (χ1n) is 7.08. The molecule has 1 aliphatic heterocycles. The molecule has 0 spiro atoms. The molecule has 1 saturated carbocycles. The number of hydrogen-bond acceptors (Lipinski definition) is 1. The lowest BCUT2D eigenvalue weighted by Gasteiger charge is -2.34. The van der Waals surface area contributed by atoms with Gasteiger partial charge in [-0.25, -0.2) is 4.39 Å². The van der Waals surface area contributed by atoms with E-state index in [2.05, 4.69) is 5.32 Å². The zero-order valence-corrected chi connectivity index (χ0v) is 11.0. The molecule has 3 atom stereocenters. The molecule has 2 aliphatic rings. The van der Waals surface area contributed by atoms with Crippen molar-refractivity contribution < 1.29 is 17.6 Å². The van der Waals surface area contributed by atoms with Crippen molar-refractivity contribution in [3.05, 3.63) is 35.1 Å². The molecule has 1 aromatic rings. The van der Waals surface area contributed by atoms with Gasteiger partial charge in [0.25, 0.3) is 0 Å². The van der Waals surface area contributed by atoms with Crippen LogP contribution in [0.25, 0.3) is 0 Å². The molecule has 3 rings (SSSR count). The van der Waals surface area contributed by atoms with Gasteiger partial charge < -0.3 is 5.32 Å². The van der Waals surface area contributed by atoms with Crippen LogP contribution in [0.1, 0.15) is 49.3 Å². The van der Waals surface area contributed by atoms with Crippen LogP contribution in [0.2, 0.25) is 0 Å². The number of hydrogen-bond donors (Lipinski definition) is 1. The predicted octanol–water partition coefficient (Wildman–Crippen LogP) is 4.44. The molecule has 0 amide bonds. The SMILES string of the molecule is Fc1ccc(C2CCC3CCCC3N2)cc1C(F)(F)F. The summed E-state index contributed by atoms with van der Waals surface area (Å²) in [5, 5.41) is 3.44. The van der Waals surface area contributed by atoms with Crippen molar-refractivity contribution in [3.63, 3.8) is 0 Å². The van der Waals surface area contributed by atoms with Crippen LogP contribution in [0.5, 0.6) is 0 Å². The van der Waals surface area contributed by atoms with Crippen LogP contribution in [0.4, 0.5) is 17.6 Å². The first kappa shape index (κ1) is 13.9. The molecule has 1 heterocycles. The zero-order chi connectivity index (χ0) is 14.3. The van der Waals surface area contributed by atoms with E-state index in [1.807, 2.05) is 0 Å². The van der Waals surface area contributed by atoms with Gasteiger partial charge in [-0.3, -0.25) is 0 Å². The molecular formula is C15H17F4N. The summed E-state index contributed by atoms with van der Waals surface area (Å²) >= 11 is 0. The molecule has 0 radical (unpaired) electrons. The highest BCUT2D eigenvalue weighted by molar-refractivity contribution is 5.30. The number of rotatable bonds is 1. The molecule has 0 aromatic heterocycles. The molecule has 1 aliphatic carbocycles. The van der Waals surface area contributed by atoms with Gasteiger partial charge in [0.15, 0.2) is 0 Å². The van der Waals surface area contributed by atoms with E-state index in [-0.39, 0.29) is 6.04 Å². The number of halogens is 4. The van der Waals surface area contributed by atoms with Gasteiger partial charge in [-0.2, -0.15) is 13.2 Å². The summed E-state index contributed by atoms with van der Waals surface area (Å²) in [6.45, 7) is 0. The van der Waals surface area contributed by atoms with Crippen molar-refractivity contribution in [2.45, 2.75) is 50.4 Å². The summed E-state index contributed by atoms with van der Waals surface area (Å²) in [4.78, 5) is 0. The summed E-state index contributed by atoms with van der Waals surface area (Å²) in [6.07, 6.45) is 0.720. The Balaban J connectivity index is 1.84. The lowest BCUT2D eigenvalue weighted by molar-refractivity contribution is -0.140.